The van der Waals surface area contributed by atoms with Gasteiger partial charge in [0.25, 0.3) is 5.56 Å². The van der Waals surface area contributed by atoms with E-state index in [0.29, 0.717) is 43.6 Å². The van der Waals surface area contributed by atoms with Crippen LogP contribution in [0, 0.1) is 0 Å². The molecular formula is C21H23N5O3. The summed E-state index contributed by atoms with van der Waals surface area (Å²) in [6.07, 6.45) is 1.75. The predicted molar refractivity (Wildman–Crippen MR) is 111 cm³/mol. The van der Waals surface area contributed by atoms with E-state index in [1.54, 1.807) is 35.4 Å². The molecule has 8 nitrogen and oxygen atoms in total. The van der Waals surface area contributed by atoms with Gasteiger partial charge in [0.15, 0.2) is 0 Å². The minimum absolute atomic E-state index is 0.220. The number of hydrogen-bond donors (Lipinski definition) is 0. The van der Waals surface area contributed by atoms with E-state index in [2.05, 4.69) is 9.88 Å². The number of hydrogen-bond acceptors (Lipinski definition) is 5. The predicted octanol–water partition coefficient (Wildman–Crippen LogP) is 0.927. The third-order valence-electron chi connectivity index (χ3n) is 5.35. The van der Waals surface area contributed by atoms with Crippen LogP contribution in [0.5, 0.6) is 0 Å². The quantitative estimate of drug-likeness (QED) is 0.659. The highest BCUT2D eigenvalue weighted by atomic mass is 16.2. The number of amides is 1. The lowest BCUT2D eigenvalue weighted by Crippen LogP contribution is -2.51. The average molecular weight is 393 g/mol. The van der Waals surface area contributed by atoms with Crippen LogP contribution in [0.25, 0.3) is 10.9 Å². The summed E-state index contributed by atoms with van der Waals surface area (Å²) in [5.41, 5.74) is -0.273. The van der Waals surface area contributed by atoms with E-state index in [-0.39, 0.29) is 12.5 Å². The topological polar surface area (TPSA) is 80.4 Å². The van der Waals surface area contributed by atoms with Gasteiger partial charge in [-0.05, 0) is 31.2 Å². The highest BCUT2D eigenvalue weighted by Gasteiger charge is 2.23. The van der Waals surface area contributed by atoms with Gasteiger partial charge in [-0.25, -0.2) is 9.78 Å². The molecule has 4 rings (SSSR count). The van der Waals surface area contributed by atoms with Gasteiger partial charge in [0, 0.05) is 38.9 Å². The normalized spacial score (nSPS) is 14.4. The van der Waals surface area contributed by atoms with Crippen molar-refractivity contribution in [3.05, 3.63) is 69.5 Å². The molecule has 29 heavy (non-hydrogen) atoms. The first kappa shape index (κ1) is 18.9. The number of carbonyl (C=O) groups is 1. The standard InChI is InChI=1S/C21H23N5O3/c1-2-25-17-8-4-3-7-16(17)20(28)26(21(25)29)15-19(27)24-13-11-23(12-14-24)18-9-5-6-10-22-18/h3-10H,2,11-15H2,1H3. The third-order valence-corrected chi connectivity index (χ3v) is 5.35. The van der Waals surface area contributed by atoms with Crippen LogP contribution in [-0.2, 0) is 17.9 Å². The Balaban J connectivity index is 1.54. The monoisotopic (exact) mass is 393 g/mol. The number of aryl methyl sites for hydroxylation is 1. The van der Waals surface area contributed by atoms with Crippen molar-refractivity contribution < 1.29 is 4.79 Å². The Hall–Kier alpha value is -3.42. The molecule has 0 spiro atoms. The second-order valence-corrected chi connectivity index (χ2v) is 6.99. The average Bonchev–Trinajstić information content (AvgIpc) is 2.77. The molecule has 0 aliphatic carbocycles. The molecule has 1 fully saturated rings. The van der Waals surface area contributed by atoms with Crippen LogP contribution >= 0.6 is 0 Å². The molecule has 0 saturated carbocycles. The van der Waals surface area contributed by atoms with Crippen LogP contribution in [0.15, 0.2) is 58.3 Å². The van der Waals surface area contributed by atoms with E-state index in [0.717, 1.165) is 10.4 Å². The molecule has 8 heteroatoms. The van der Waals surface area contributed by atoms with Crippen molar-refractivity contribution in [1.82, 2.24) is 19.0 Å². The van der Waals surface area contributed by atoms with Gasteiger partial charge in [0.2, 0.25) is 5.91 Å². The maximum Gasteiger partial charge on any atom is 0.331 e. The van der Waals surface area contributed by atoms with Crippen LogP contribution in [0.3, 0.4) is 0 Å². The van der Waals surface area contributed by atoms with Gasteiger partial charge in [0.05, 0.1) is 10.9 Å². The van der Waals surface area contributed by atoms with E-state index < -0.39 is 11.2 Å². The van der Waals surface area contributed by atoms with Crippen LogP contribution in [0.1, 0.15) is 6.92 Å². The molecule has 0 N–H and O–H groups in total. The van der Waals surface area contributed by atoms with Crippen molar-refractivity contribution in [2.24, 2.45) is 0 Å². The Morgan fingerprint density at radius 3 is 2.38 bits per heavy atom. The zero-order valence-corrected chi connectivity index (χ0v) is 16.3. The van der Waals surface area contributed by atoms with Crippen molar-refractivity contribution in [3.63, 3.8) is 0 Å². The van der Waals surface area contributed by atoms with E-state index in [4.69, 9.17) is 0 Å². The van der Waals surface area contributed by atoms with Crippen LogP contribution in [0.2, 0.25) is 0 Å². The summed E-state index contributed by atoms with van der Waals surface area (Å²) in [5.74, 6) is 0.666. The summed E-state index contributed by atoms with van der Waals surface area (Å²) in [4.78, 5) is 46.7. The Labute approximate surface area is 167 Å². The van der Waals surface area contributed by atoms with Gasteiger partial charge in [-0.2, -0.15) is 0 Å². The van der Waals surface area contributed by atoms with Crippen LogP contribution in [-0.4, -0.2) is 51.1 Å². The number of para-hydroxylation sites is 1. The van der Waals surface area contributed by atoms with Crippen molar-refractivity contribution >= 4 is 22.6 Å². The molecule has 1 saturated heterocycles. The van der Waals surface area contributed by atoms with Gasteiger partial charge in [-0.3, -0.25) is 18.7 Å². The second-order valence-electron chi connectivity index (χ2n) is 6.99. The minimum atomic E-state index is -0.448. The smallest absolute Gasteiger partial charge is 0.331 e. The zero-order valence-electron chi connectivity index (χ0n) is 16.3. The number of aromatic nitrogens is 3. The first-order valence-corrected chi connectivity index (χ1v) is 9.76. The molecule has 0 unspecified atom stereocenters. The molecule has 1 aromatic carbocycles. The summed E-state index contributed by atoms with van der Waals surface area (Å²) in [6, 6.07) is 12.7. The molecule has 3 aromatic rings. The summed E-state index contributed by atoms with van der Waals surface area (Å²) >= 11 is 0. The van der Waals surface area contributed by atoms with Gasteiger partial charge in [0.1, 0.15) is 12.4 Å². The largest absolute Gasteiger partial charge is 0.353 e. The maximum absolute atomic E-state index is 12.8. The summed E-state index contributed by atoms with van der Waals surface area (Å²) in [6.45, 7) is 4.41. The third kappa shape index (κ3) is 3.53. The first-order chi connectivity index (χ1) is 14.1. The van der Waals surface area contributed by atoms with Gasteiger partial charge in [-0.15, -0.1) is 0 Å². The van der Waals surface area contributed by atoms with Crippen LogP contribution in [0.4, 0.5) is 5.82 Å². The SMILES string of the molecule is CCn1c(=O)n(CC(=O)N2CCN(c3ccccn3)CC2)c(=O)c2ccccc21. The molecule has 1 amide bonds. The molecule has 0 bridgehead atoms. The number of benzene rings is 1. The fourth-order valence-electron chi connectivity index (χ4n) is 3.78. The second kappa shape index (κ2) is 7.90. The molecule has 1 aliphatic rings. The Morgan fingerprint density at radius 1 is 0.966 bits per heavy atom. The Bertz CT molecular complexity index is 1140. The summed E-state index contributed by atoms with van der Waals surface area (Å²) in [7, 11) is 0. The van der Waals surface area contributed by atoms with Crippen molar-refractivity contribution in [3.8, 4) is 0 Å². The molecule has 150 valence electrons. The number of fused-ring (bicyclic) bond motifs is 1. The Morgan fingerprint density at radius 2 is 1.69 bits per heavy atom. The fourth-order valence-corrected chi connectivity index (χ4v) is 3.78. The number of rotatable bonds is 4. The van der Waals surface area contributed by atoms with Gasteiger partial charge < -0.3 is 9.80 Å². The van der Waals surface area contributed by atoms with Crippen molar-refractivity contribution in [2.75, 3.05) is 31.1 Å². The van der Waals surface area contributed by atoms with Crippen molar-refractivity contribution in [2.45, 2.75) is 20.0 Å². The summed E-state index contributed by atoms with van der Waals surface area (Å²) in [5, 5.41) is 0.446. The number of nitrogens with zero attached hydrogens (tertiary/aromatic N) is 5. The first-order valence-electron chi connectivity index (χ1n) is 9.76. The summed E-state index contributed by atoms with van der Waals surface area (Å²) < 4.78 is 2.59. The van der Waals surface area contributed by atoms with Gasteiger partial charge in [-0.1, -0.05) is 18.2 Å². The lowest BCUT2D eigenvalue weighted by molar-refractivity contribution is -0.132. The van der Waals surface area contributed by atoms with E-state index in [1.165, 1.54) is 4.57 Å². The van der Waals surface area contributed by atoms with E-state index in [9.17, 15) is 14.4 Å². The highest BCUT2D eigenvalue weighted by Crippen LogP contribution is 2.13. The number of anilines is 1. The van der Waals surface area contributed by atoms with E-state index >= 15 is 0 Å². The Kier molecular flexibility index (Phi) is 5.16. The van der Waals surface area contributed by atoms with Gasteiger partial charge >= 0.3 is 5.69 Å². The molecule has 1 aliphatic heterocycles. The minimum Gasteiger partial charge on any atom is -0.353 e. The van der Waals surface area contributed by atoms with Crippen LogP contribution < -0.4 is 16.1 Å². The molecule has 2 aromatic heterocycles. The molecule has 0 atom stereocenters. The highest BCUT2D eigenvalue weighted by molar-refractivity contribution is 5.79. The fraction of sp³-hybridized carbons (Fsp3) is 0.333. The van der Waals surface area contributed by atoms with E-state index in [1.807, 2.05) is 25.1 Å². The zero-order chi connectivity index (χ0) is 20.4. The van der Waals surface area contributed by atoms with Crippen molar-refractivity contribution in [1.29, 1.82) is 0 Å². The maximum atomic E-state index is 12.8. The molecule has 0 radical (unpaired) electrons. The number of pyridine rings is 1. The number of carbonyl (C=O) groups excluding carboxylic acids is 1. The molecular weight excluding hydrogens is 370 g/mol. The lowest BCUT2D eigenvalue weighted by Gasteiger charge is -2.35. The number of piperazine rings is 1. The molecule has 3 heterocycles. The lowest BCUT2D eigenvalue weighted by atomic mass is 10.2.